The van der Waals surface area contributed by atoms with Gasteiger partial charge in [0.15, 0.2) is 0 Å². The molecule has 1 aliphatic heterocycles. The van der Waals surface area contributed by atoms with Gasteiger partial charge in [-0.25, -0.2) is 9.18 Å². The van der Waals surface area contributed by atoms with Crippen LogP contribution in [-0.2, 0) is 16.0 Å². The topological polar surface area (TPSA) is 99.1 Å². The zero-order chi connectivity index (χ0) is 24.0. The maximum atomic E-state index is 13.0. The second-order valence-electron chi connectivity index (χ2n) is 6.90. The number of amides is 2. The van der Waals surface area contributed by atoms with Crippen molar-refractivity contribution in [2.75, 3.05) is 19.3 Å². The summed E-state index contributed by atoms with van der Waals surface area (Å²) in [4.78, 5) is 25.6. The zero-order valence-corrected chi connectivity index (χ0v) is 19.6. The quantitative estimate of drug-likeness (QED) is 0.290. The summed E-state index contributed by atoms with van der Waals surface area (Å²) < 4.78 is 18.5. The van der Waals surface area contributed by atoms with E-state index in [4.69, 9.17) is 4.74 Å². The molecule has 0 radical (unpaired) electrons. The summed E-state index contributed by atoms with van der Waals surface area (Å²) in [5, 5.41) is 21.5. The number of hydrogen-bond acceptors (Lipinski definition) is 6. The number of likely N-dealkylation sites (tertiary alicyclic amines) is 1. The van der Waals surface area contributed by atoms with Crippen molar-refractivity contribution < 1.29 is 28.8 Å². The first-order valence-electron chi connectivity index (χ1n) is 10.2. The van der Waals surface area contributed by atoms with Gasteiger partial charge in [-0.05, 0) is 56.2 Å². The third-order valence-electron chi connectivity index (χ3n) is 4.52. The average molecular weight is 472 g/mol. The number of nitrogens with one attached hydrogen (secondary N) is 1. The van der Waals surface area contributed by atoms with Crippen molar-refractivity contribution in [2.24, 2.45) is 0 Å². The lowest BCUT2D eigenvalue weighted by Gasteiger charge is -2.39. The number of carbonyl (C=O) groups is 2. The van der Waals surface area contributed by atoms with E-state index in [-0.39, 0.29) is 26.3 Å². The Labute approximate surface area is 197 Å². The minimum absolute atomic E-state index is 0. The van der Waals surface area contributed by atoms with Gasteiger partial charge in [0.05, 0.1) is 12.5 Å². The summed E-state index contributed by atoms with van der Waals surface area (Å²) in [6, 6.07) is 5.50. The van der Waals surface area contributed by atoms with Gasteiger partial charge in [0.1, 0.15) is 11.4 Å². The van der Waals surface area contributed by atoms with E-state index in [1.165, 1.54) is 30.3 Å². The molecule has 182 valence electrons. The van der Waals surface area contributed by atoms with E-state index in [0.29, 0.717) is 24.9 Å². The predicted molar refractivity (Wildman–Crippen MR) is 131 cm³/mol. The Bertz CT molecular complexity index is 693. The van der Waals surface area contributed by atoms with Crippen LogP contribution in [0.3, 0.4) is 0 Å². The number of benzene rings is 1. The fourth-order valence-electron chi connectivity index (χ4n) is 3.12. The molecule has 0 aliphatic carbocycles. The van der Waals surface area contributed by atoms with Crippen LogP contribution in [0.1, 0.15) is 46.6 Å². The highest BCUT2D eigenvalue weighted by Crippen LogP contribution is 2.25. The number of thiol groups is 1. The van der Waals surface area contributed by atoms with Crippen molar-refractivity contribution in [3.8, 4) is 0 Å². The van der Waals surface area contributed by atoms with Crippen molar-refractivity contribution in [3.63, 3.8) is 0 Å². The van der Waals surface area contributed by atoms with Crippen LogP contribution < -0.4 is 5.32 Å². The number of nitrogens with zero attached hydrogens (tertiary/aromatic N) is 1. The minimum atomic E-state index is -1.82. The van der Waals surface area contributed by atoms with E-state index in [9.17, 15) is 24.0 Å². The van der Waals surface area contributed by atoms with Gasteiger partial charge in [-0.15, -0.1) is 0 Å². The van der Waals surface area contributed by atoms with Gasteiger partial charge in [0.2, 0.25) is 5.91 Å². The van der Waals surface area contributed by atoms with Gasteiger partial charge < -0.3 is 25.0 Å². The summed E-state index contributed by atoms with van der Waals surface area (Å²) in [6.45, 7) is 9.98. The lowest BCUT2D eigenvalue weighted by Crippen LogP contribution is -2.54. The third-order valence-corrected chi connectivity index (χ3v) is 4.52. The molecule has 2 atom stereocenters. The zero-order valence-electron chi connectivity index (χ0n) is 18.7. The van der Waals surface area contributed by atoms with E-state index < -0.39 is 30.6 Å². The maximum Gasteiger partial charge on any atom is 0.475 e. The van der Waals surface area contributed by atoms with Crippen LogP contribution in [0.2, 0.25) is 0 Å². The second kappa shape index (κ2) is 16.6. The van der Waals surface area contributed by atoms with Crippen LogP contribution in [0.5, 0.6) is 0 Å². The molecule has 1 fully saturated rings. The fraction of sp³-hybridized carbons (Fsp3) is 0.545. The number of ether oxygens (including phenoxy) is 1. The first-order chi connectivity index (χ1) is 14.7. The highest BCUT2D eigenvalue weighted by atomic mass is 32.1. The molecule has 1 aromatic rings. The summed E-state index contributed by atoms with van der Waals surface area (Å²) >= 11 is 3.53. The molecule has 0 spiro atoms. The third kappa shape index (κ3) is 11.0. The normalized spacial score (nSPS) is 17.7. The number of carbonyl (C=O) groups excluding carboxylic acids is 2. The SMILES string of the molecule is C.C=CC(=O)N1CCCC(C)(OC(=O)N[C@@H](Cc2ccc(F)cc2)B(O)O)C1.CC.CS. The van der Waals surface area contributed by atoms with Gasteiger partial charge in [0.25, 0.3) is 0 Å². The number of halogens is 1. The number of rotatable bonds is 6. The van der Waals surface area contributed by atoms with Gasteiger partial charge >= 0.3 is 13.2 Å². The highest BCUT2D eigenvalue weighted by molar-refractivity contribution is 7.79. The molecule has 0 aromatic heterocycles. The predicted octanol–water partition coefficient (Wildman–Crippen LogP) is 3.25. The van der Waals surface area contributed by atoms with E-state index >= 15 is 0 Å². The van der Waals surface area contributed by atoms with Crippen molar-refractivity contribution in [2.45, 2.75) is 59.0 Å². The Morgan fingerprint density at radius 1 is 1.34 bits per heavy atom. The molecule has 1 saturated heterocycles. The molecule has 10 heteroatoms. The fourth-order valence-corrected chi connectivity index (χ4v) is 3.12. The largest absolute Gasteiger partial charge is 0.475 e. The summed E-state index contributed by atoms with van der Waals surface area (Å²) in [5.41, 5.74) is -0.261. The first-order valence-corrected chi connectivity index (χ1v) is 11.1. The monoisotopic (exact) mass is 472 g/mol. The van der Waals surface area contributed by atoms with E-state index in [2.05, 4.69) is 24.5 Å². The molecule has 32 heavy (non-hydrogen) atoms. The average Bonchev–Trinajstić information content (AvgIpc) is 2.76. The van der Waals surface area contributed by atoms with Crippen LogP contribution in [0.15, 0.2) is 36.9 Å². The Hall–Kier alpha value is -2.04. The molecule has 0 bridgehead atoms. The van der Waals surface area contributed by atoms with Crippen LogP contribution in [-0.4, -0.2) is 65.0 Å². The smallest absolute Gasteiger partial charge is 0.441 e. The maximum absolute atomic E-state index is 13.0. The van der Waals surface area contributed by atoms with Crippen molar-refractivity contribution in [1.82, 2.24) is 10.2 Å². The molecule has 1 aliphatic rings. The molecule has 2 rings (SSSR count). The van der Waals surface area contributed by atoms with Crippen LogP contribution in [0.4, 0.5) is 9.18 Å². The molecule has 7 nitrogen and oxygen atoms in total. The van der Waals surface area contributed by atoms with Crippen LogP contribution in [0, 0.1) is 5.82 Å². The molecule has 3 N–H and O–H groups in total. The van der Waals surface area contributed by atoms with Gasteiger partial charge in [-0.2, -0.15) is 12.6 Å². The number of piperidine rings is 1. The lowest BCUT2D eigenvalue weighted by molar-refractivity contribution is -0.132. The lowest BCUT2D eigenvalue weighted by atomic mass is 9.76. The second-order valence-corrected chi connectivity index (χ2v) is 6.90. The van der Waals surface area contributed by atoms with E-state index in [0.717, 1.165) is 0 Å². The molecular formula is C22H38BFN2O5S. The van der Waals surface area contributed by atoms with Crippen LogP contribution >= 0.6 is 12.6 Å². The standard InChI is InChI=1S/C18H24BFN2O5.C2H6.CH4S.CH4/c1-3-16(23)22-10-4-9-18(2,12-22)27-17(24)21-15(19(25)26)11-13-5-7-14(20)8-6-13;2*1-2;/h3,5-8,15,25-26H,1,4,9-12H2,2H3,(H,21,24);1-2H3;2H,1H3;1H4/t15-,18?;;;/m0.../s1. The molecule has 2 amide bonds. The molecule has 1 unspecified atom stereocenters. The van der Waals surface area contributed by atoms with Crippen molar-refractivity contribution in [1.29, 1.82) is 0 Å². The Morgan fingerprint density at radius 2 is 1.91 bits per heavy atom. The summed E-state index contributed by atoms with van der Waals surface area (Å²) in [6.07, 6.45) is 3.43. The Balaban J connectivity index is 0. The van der Waals surface area contributed by atoms with Crippen LogP contribution in [0.25, 0.3) is 0 Å². The molecular weight excluding hydrogens is 434 g/mol. The summed E-state index contributed by atoms with van der Waals surface area (Å²) in [5.74, 6) is -1.66. The Kier molecular flexibility index (Phi) is 16.7. The molecule has 1 heterocycles. The van der Waals surface area contributed by atoms with Gasteiger partial charge in [-0.1, -0.05) is 40.0 Å². The van der Waals surface area contributed by atoms with Gasteiger partial charge in [0, 0.05) is 6.54 Å². The summed E-state index contributed by atoms with van der Waals surface area (Å²) in [7, 11) is -1.82. The molecule has 1 aromatic carbocycles. The van der Waals surface area contributed by atoms with Crippen molar-refractivity contribution >= 4 is 31.7 Å². The Morgan fingerprint density at radius 3 is 2.41 bits per heavy atom. The first kappa shape index (κ1) is 32.1. The van der Waals surface area contributed by atoms with Gasteiger partial charge in [-0.3, -0.25) is 4.79 Å². The number of hydrogen-bond donors (Lipinski definition) is 4. The number of alkyl carbamates (subject to hydrolysis) is 1. The van der Waals surface area contributed by atoms with Crippen molar-refractivity contribution in [3.05, 3.63) is 48.3 Å². The minimum Gasteiger partial charge on any atom is -0.441 e. The van der Waals surface area contributed by atoms with E-state index in [1.807, 2.05) is 13.8 Å². The van der Waals surface area contributed by atoms with E-state index in [1.54, 1.807) is 18.1 Å². The highest BCUT2D eigenvalue weighted by Gasteiger charge is 2.37. The molecule has 0 saturated carbocycles.